The number of hydrogen-bond acceptors (Lipinski definition) is 15. The lowest BCUT2D eigenvalue weighted by molar-refractivity contribution is 0.0614. The van der Waals surface area contributed by atoms with E-state index in [9.17, 15) is 46.2 Å². The van der Waals surface area contributed by atoms with E-state index in [4.69, 9.17) is 14.6 Å². The molecule has 5 N–H and O–H groups in total. The SMILES string of the molecule is C[C@@H]1CC2=C(Cc3ccccc32)[C@@H](c2c(F)cc(O)cc2F)N1CC(C)(C)F.C[C@@H]1CC2=C(Cc3ccccc32)[C@@H](c2c(F)cc(OCCBr)cc2F)N1CC(C)(C)F.C[C@H]1CC2=C(Cc3ccccc32)[C@H](c2c(F)cc(OCCN3CCN(C(=O)c4cc(Cc5n[nH]c(=O)c6ccccc56)ccc4F)CC3)cc2F)N1CC(C)(C)F.Cl.O=C(c1cc(Cc2n[nH]c(=O)c3ccccc23)ccc1F)N1CCNCC1.OCCBr. The number of rotatable bonds is 23. The van der Waals surface area contributed by atoms with E-state index in [-0.39, 0.29) is 120 Å². The quantitative estimate of drug-likeness (QED) is 0.0297. The molecule has 8 aliphatic rings. The highest BCUT2D eigenvalue weighted by atomic mass is 79.9. The number of phenols is 1. The van der Waals surface area contributed by atoms with Crippen molar-refractivity contribution in [3.05, 3.63) is 362 Å². The fraction of sp³-hybridized carbons (Fsp3) is 0.374. The summed E-state index contributed by atoms with van der Waals surface area (Å²) >= 11 is 6.25. The van der Waals surface area contributed by atoms with Gasteiger partial charge in [-0.25, -0.2) is 58.5 Å². The molecule has 19 nitrogen and oxygen atoms in total. The lowest BCUT2D eigenvalue weighted by atomic mass is 9.84. The van der Waals surface area contributed by atoms with Gasteiger partial charge in [-0.05, 0) is 215 Å². The molecule has 0 radical (unpaired) electrons. The van der Waals surface area contributed by atoms with Gasteiger partial charge in [0.15, 0.2) is 0 Å². The smallest absolute Gasteiger partial charge is 0.272 e. The van der Waals surface area contributed by atoms with Crippen LogP contribution in [0.15, 0.2) is 220 Å². The van der Waals surface area contributed by atoms with Crippen molar-refractivity contribution >= 4 is 94.3 Å². The number of H-pyrrole nitrogens is 2. The van der Waals surface area contributed by atoms with Gasteiger partial charge in [0.2, 0.25) is 0 Å². The minimum Gasteiger partial charge on any atom is -0.508 e. The average Bonchev–Trinajstić information content (AvgIpc) is 1.58. The third kappa shape index (κ3) is 25.3. The van der Waals surface area contributed by atoms with E-state index in [2.05, 4.69) is 80.7 Å². The van der Waals surface area contributed by atoms with Crippen molar-refractivity contribution in [1.29, 1.82) is 0 Å². The van der Waals surface area contributed by atoms with Crippen molar-refractivity contribution in [2.24, 2.45) is 0 Å². The fourth-order valence-electron chi connectivity index (χ4n) is 21.7. The van der Waals surface area contributed by atoms with Crippen LogP contribution >= 0.6 is 44.3 Å². The molecule has 10 aromatic carbocycles. The Bertz CT molecular complexity index is 7050. The van der Waals surface area contributed by atoms with E-state index >= 15 is 26.3 Å². The monoisotopic (exact) mass is 2190 g/mol. The molecule has 0 spiro atoms. The summed E-state index contributed by atoms with van der Waals surface area (Å²) in [5.74, 6) is -6.49. The van der Waals surface area contributed by atoms with Crippen LogP contribution in [-0.2, 0) is 32.1 Å². The summed E-state index contributed by atoms with van der Waals surface area (Å²) in [6.07, 6.45) is 4.56. The summed E-state index contributed by atoms with van der Waals surface area (Å²) in [7, 11) is 0. The predicted molar refractivity (Wildman–Crippen MR) is 565 cm³/mol. The van der Waals surface area contributed by atoms with Crippen molar-refractivity contribution in [3.63, 3.8) is 0 Å². The highest BCUT2D eigenvalue weighted by Crippen LogP contribution is 2.55. The van der Waals surface area contributed by atoms with Crippen LogP contribution in [0.3, 0.4) is 0 Å². The number of aliphatic hydroxyl groups excluding tert-OH is 1. The Labute approximate surface area is 876 Å². The zero-order valence-corrected chi connectivity index (χ0v) is 87.8. The molecule has 3 aliphatic carbocycles. The van der Waals surface area contributed by atoms with Gasteiger partial charge in [-0.15, -0.1) is 12.4 Å². The minimum atomic E-state index is -1.58. The Hall–Kier alpha value is -11.7. The van der Waals surface area contributed by atoms with Gasteiger partial charge in [0.05, 0.1) is 64.6 Å². The predicted octanol–water partition coefficient (Wildman–Crippen LogP) is 22.4. The Morgan fingerprint density at radius 2 is 0.750 bits per heavy atom. The number of amides is 2. The number of benzene rings is 10. The first-order valence-corrected chi connectivity index (χ1v) is 51.9. The number of phenolic OH excluding ortho intramolecular Hbond substituents is 1. The number of piperazine rings is 2. The average molecular weight is 2190 g/mol. The molecule has 2 saturated heterocycles. The Balaban J connectivity index is 0.000000154. The number of ether oxygens (including phenoxy) is 2. The van der Waals surface area contributed by atoms with Gasteiger partial charge in [-0.3, -0.25) is 38.8 Å². The minimum absolute atomic E-state index is 0. The maximum atomic E-state index is 16.1. The van der Waals surface area contributed by atoms with Crippen LogP contribution in [0, 0.1) is 46.5 Å². The van der Waals surface area contributed by atoms with Crippen molar-refractivity contribution in [2.75, 3.05) is 109 Å². The molecular formula is C115H121Br2ClF11N11O8. The standard InChI is InChI=1S/C45H45F4N5O3.C25H27BrF3NO.C23H24F3NO.C20H19FN4O2.C2H5BrO.ClH/c1-27-20-34-31-9-5-4-8-29(31)23-35(34)42(54(27)26-45(2,3)49)41-38(47)24-30(25-39(41)48)57-19-18-52-14-16-53(17-15-52)44(56)36-21-28(12-13-37(36)46)22-40-32-10-6-7-11-33(32)43(55)51-50-40;1-15-10-19-18-7-5-4-6-16(18)11-20(19)24(30(15)14-25(2,3)29)23-21(27)12-17(13-22(23)28)31-9-8-26;1-13-8-17-16-7-5-4-6-14(16)9-18(17)22(27(13)12-23(2,3)26)21-19(24)10-15(28)11-20(21)25;21-17-6-5-13(11-16(17)20(27)25-9-7-22-8-10-25)12-18-14-3-1-2-4-15(14)19(26)24-23-18;3-1-2-4;/h4-13,21,24-25,27,42H,14-20,22-23,26H2,1-3H3,(H,51,55);4-7,12-13,15,24H,8-11,14H2,1-3H3;4-7,10-11,13,22,28H,8-9,12H2,1-3H3;1-6,11,22H,7-10,12H2,(H,24,26);4H,1-2H2;1H/t27-,42+;15-,24+;13-,22+;;;/m011.../s1. The van der Waals surface area contributed by atoms with Crippen LogP contribution < -0.4 is 25.9 Å². The largest absolute Gasteiger partial charge is 0.508 e. The normalized spacial score (nSPS) is 18.8. The molecule has 782 valence electrons. The molecule has 20 rings (SSSR count). The van der Waals surface area contributed by atoms with Crippen LogP contribution in [0.4, 0.5) is 48.3 Å². The molecule has 12 aromatic rings. The second kappa shape index (κ2) is 47.6. The topological polar surface area (TPSA) is 216 Å². The first-order valence-electron chi connectivity index (χ1n) is 49.6. The first-order chi connectivity index (χ1) is 70.2. The van der Waals surface area contributed by atoms with Gasteiger partial charge < -0.3 is 34.8 Å². The summed E-state index contributed by atoms with van der Waals surface area (Å²) in [6, 6.07) is 51.8. The summed E-state index contributed by atoms with van der Waals surface area (Å²) in [5, 5.41) is 37.7. The van der Waals surface area contributed by atoms with Gasteiger partial charge in [0.1, 0.15) is 87.4 Å². The van der Waals surface area contributed by atoms with Crippen molar-refractivity contribution in [1.82, 2.24) is 55.1 Å². The fourth-order valence-corrected chi connectivity index (χ4v) is 21.9. The number of hydrogen-bond donors (Lipinski definition) is 5. The van der Waals surface area contributed by atoms with Gasteiger partial charge in [0, 0.05) is 184 Å². The number of carbonyl (C=O) groups excluding carboxylic acids is 2. The summed E-state index contributed by atoms with van der Waals surface area (Å²) in [4.78, 5) is 61.4. The van der Waals surface area contributed by atoms with Crippen LogP contribution in [0.5, 0.6) is 17.2 Å². The third-order valence-corrected chi connectivity index (χ3v) is 28.8. The molecule has 0 unspecified atom stereocenters. The Morgan fingerprint density at radius 3 is 1.09 bits per heavy atom. The zero-order valence-electron chi connectivity index (χ0n) is 83.9. The Morgan fingerprint density at radius 1 is 0.426 bits per heavy atom. The van der Waals surface area contributed by atoms with Crippen LogP contribution in [0.2, 0.25) is 0 Å². The lowest BCUT2D eigenvalue weighted by Gasteiger charge is -2.44. The zero-order chi connectivity index (χ0) is 105. The lowest BCUT2D eigenvalue weighted by Crippen LogP contribution is -2.49. The second-order valence-electron chi connectivity index (χ2n) is 40.5. The summed E-state index contributed by atoms with van der Waals surface area (Å²) in [6.45, 7) is 20.5. The van der Waals surface area contributed by atoms with Crippen molar-refractivity contribution in [2.45, 2.75) is 167 Å². The molecule has 5 aliphatic heterocycles. The molecule has 7 heterocycles. The van der Waals surface area contributed by atoms with E-state index in [0.29, 0.717) is 154 Å². The van der Waals surface area contributed by atoms with Crippen LogP contribution in [0.25, 0.3) is 38.3 Å². The van der Waals surface area contributed by atoms with E-state index in [1.165, 1.54) is 77.9 Å². The number of aromatic hydroxyl groups is 1. The molecule has 0 saturated carbocycles. The Kier molecular flexibility index (Phi) is 35.5. The number of halogens is 14. The highest BCUT2D eigenvalue weighted by molar-refractivity contribution is 9.09. The van der Waals surface area contributed by atoms with Gasteiger partial charge in [0.25, 0.3) is 22.9 Å². The molecular weight excluding hydrogens is 2070 g/mol. The number of aliphatic hydroxyl groups is 1. The second-order valence-corrected chi connectivity index (χ2v) is 42.1. The number of nitrogens with zero attached hydrogens (tertiary/aromatic N) is 8. The number of alkyl halides is 5. The van der Waals surface area contributed by atoms with Crippen LogP contribution in [-0.4, -0.2) is 216 Å². The van der Waals surface area contributed by atoms with Gasteiger partial charge in [-0.1, -0.05) is 153 Å². The van der Waals surface area contributed by atoms with Crippen molar-refractivity contribution < 1.29 is 77.6 Å². The van der Waals surface area contributed by atoms with Gasteiger partial charge >= 0.3 is 0 Å². The summed E-state index contributed by atoms with van der Waals surface area (Å²) in [5.41, 5.74) is 10.3. The molecule has 2 aromatic heterocycles. The van der Waals surface area contributed by atoms with E-state index < -0.39 is 93.3 Å². The maximum Gasteiger partial charge on any atom is 0.272 e. The van der Waals surface area contributed by atoms with Crippen molar-refractivity contribution in [3.8, 4) is 17.2 Å². The van der Waals surface area contributed by atoms with E-state index in [0.717, 1.165) is 96.3 Å². The molecule has 0 bridgehead atoms. The molecule has 2 fully saturated rings. The number of fused-ring (bicyclic) bond motifs is 8. The molecule has 33 heteroatoms. The maximum absolute atomic E-state index is 16.1. The molecule has 2 amide bonds. The molecule has 6 atom stereocenters. The molecule has 148 heavy (non-hydrogen) atoms. The third-order valence-electron chi connectivity index (χ3n) is 28.2. The first kappa shape index (κ1) is 110. The number of aromatic amines is 2. The highest BCUT2D eigenvalue weighted by Gasteiger charge is 2.48. The van der Waals surface area contributed by atoms with Gasteiger partial charge in [-0.2, -0.15) is 10.2 Å². The number of aromatic nitrogens is 4. The van der Waals surface area contributed by atoms with Crippen LogP contribution in [0.1, 0.15) is 193 Å². The van der Waals surface area contributed by atoms with E-state index in [1.54, 1.807) is 58.3 Å². The number of carbonyl (C=O) groups is 2. The summed E-state index contributed by atoms with van der Waals surface area (Å²) < 4.78 is 178. The van der Waals surface area contributed by atoms with E-state index in [1.807, 2.05) is 114 Å². The number of nitrogens with one attached hydrogen (secondary N) is 3.